The summed E-state index contributed by atoms with van der Waals surface area (Å²) in [6.07, 6.45) is 5.47. The molecule has 4 heteroatoms. The van der Waals surface area contributed by atoms with Crippen LogP contribution >= 0.6 is 11.8 Å². The van der Waals surface area contributed by atoms with E-state index in [0.29, 0.717) is 0 Å². The fourth-order valence-electron chi connectivity index (χ4n) is 3.59. The molecule has 2 atom stereocenters. The molecule has 1 aromatic rings. The van der Waals surface area contributed by atoms with Crippen molar-refractivity contribution in [3.8, 4) is 0 Å². The van der Waals surface area contributed by atoms with Crippen LogP contribution in [0.5, 0.6) is 0 Å². The molecule has 1 aromatic carbocycles. The maximum atomic E-state index is 10.9. The van der Waals surface area contributed by atoms with Gasteiger partial charge in [-0.15, -0.1) is 11.8 Å². The number of aliphatic hydroxyl groups excluding tert-OH is 1. The van der Waals surface area contributed by atoms with Crippen molar-refractivity contribution < 1.29 is 14.6 Å². The molecule has 2 aliphatic heterocycles. The Morgan fingerprint density at radius 3 is 2.76 bits per heavy atom. The van der Waals surface area contributed by atoms with Gasteiger partial charge in [-0.3, -0.25) is 0 Å². The molecule has 0 saturated carbocycles. The SMILES string of the molecule is CSc1ccccc1C(O)C1CCOC2(CCOCC2)C1. The lowest BCUT2D eigenvalue weighted by atomic mass is 9.77. The number of ether oxygens (including phenoxy) is 2. The normalized spacial score (nSPS) is 26.7. The average molecular weight is 308 g/mol. The molecular weight excluding hydrogens is 284 g/mol. The van der Waals surface area contributed by atoms with Gasteiger partial charge in [-0.1, -0.05) is 18.2 Å². The first-order valence-corrected chi connectivity index (χ1v) is 8.99. The van der Waals surface area contributed by atoms with Crippen LogP contribution in [0.3, 0.4) is 0 Å². The minimum atomic E-state index is -0.391. The van der Waals surface area contributed by atoms with Gasteiger partial charge in [0.25, 0.3) is 0 Å². The summed E-state index contributed by atoms with van der Waals surface area (Å²) in [4.78, 5) is 1.18. The van der Waals surface area contributed by atoms with Crippen LogP contribution in [0.1, 0.15) is 37.4 Å². The summed E-state index contributed by atoms with van der Waals surface area (Å²) in [7, 11) is 0. The van der Waals surface area contributed by atoms with Gasteiger partial charge in [0.15, 0.2) is 0 Å². The number of aliphatic hydroxyl groups is 1. The Morgan fingerprint density at radius 2 is 2.00 bits per heavy atom. The van der Waals surface area contributed by atoms with Crippen LogP contribution in [0.2, 0.25) is 0 Å². The van der Waals surface area contributed by atoms with Crippen molar-refractivity contribution in [2.75, 3.05) is 26.1 Å². The molecule has 2 saturated heterocycles. The largest absolute Gasteiger partial charge is 0.388 e. The molecular formula is C17H24O3S. The molecule has 21 heavy (non-hydrogen) atoms. The van der Waals surface area contributed by atoms with Gasteiger partial charge in [0.05, 0.1) is 11.7 Å². The van der Waals surface area contributed by atoms with Crippen molar-refractivity contribution in [2.24, 2.45) is 5.92 Å². The third-order valence-corrected chi connectivity index (χ3v) is 5.65. The number of hydrogen-bond donors (Lipinski definition) is 1. The van der Waals surface area contributed by atoms with Crippen molar-refractivity contribution in [1.29, 1.82) is 0 Å². The molecule has 2 fully saturated rings. The van der Waals surface area contributed by atoms with Crippen LogP contribution in [0.15, 0.2) is 29.2 Å². The number of thioether (sulfide) groups is 1. The van der Waals surface area contributed by atoms with Gasteiger partial charge < -0.3 is 14.6 Å². The van der Waals surface area contributed by atoms with Crippen LogP contribution in [0.4, 0.5) is 0 Å². The Hall–Kier alpha value is -0.550. The maximum absolute atomic E-state index is 10.9. The Morgan fingerprint density at radius 1 is 1.24 bits per heavy atom. The van der Waals surface area contributed by atoms with Crippen molar-refractivity contribution in [3.63, 3.8) is 0 Å². The summed E-state index contributed by atoms with van der Waals surface area (Å²) >= 11 is 1.70. The van der Waals surface area contributed by atoms with Gasteiger partial charge in [0.1, 0.15) is 0 Å². The third kappa shape index (κ3) is 3.29. The lowest BCUT2D eigenvalue weighted by Gasteiger charge is -2.44. The molecule has 0 aliphatic carbocycles. The zero-order valence-electron chi connectivity index (χ0n) is 12.6. The molecule has 0 aromatic heterocycles. The van der Waals surface area contributed by atoms with E-state index >= 15 is 0 Å². The quantitative estimate of drug-likeness (QED) is 0.869. The Balaban J connectivity index is 1.76. The Kier molecular flexibility index (Phi) is 4.89. The van der Waals surface area contributed by atoms with Crippen molar-refractivity contribution in [2.45, 2.75) is 42.3 Å². The van der Waals surface area contributed by atoms with Crippen molar-refractivity contribution in [3.05, 3.63) is 29.8 Å². The lowest BCUT2D eigenvalue weighted by Crippen LogP contribution is -2.45. The highest BCUT2D eigenvalue weighted by atomic mass is 32.2. The fraction of sp³-hybridized carbons (Fsp3) is 0.647. The van der Waals surface area contributed by atoms with Crippen LogP contribution in [-0.2, 0) is 9.47 Å². The summed E-state index contributed by atoms with van der Waals surface area (Å²) in [5.74, 6) is 0.283. The predicted octanol–water partition coefficient (Wildman–Crippen LogP) is 3.42. The van der Waals surface area contributed by atoms with Crippen LogP contribution in [0.25, 0.3) is 0 Å². The van der Waals surface area contributed by atoms with Crippen molar-refractivity contribution in [1.82, 2.24) is 0 Å². The Bertz CT molecular complexity index is 465. The monoisotopic (exact) mass is 308 g/mol. The molecule has 3 nitrogen and oxygen atoms in total. The molecule has 0 bridgehead atoms. The van der Waals surface area contributed by atoms with E-state index in [4.69, 9.17) is 9.47 Å². The topological polar surface area (TPSA) is 38.7 Å². The first-order valence-electron chi connectivity index (χ1n) is 7.77. The first kappa shape index (κ1) is 15.3. The number of rotatable bonds is 3. The number of benzene rings is 1. The molecule has 2 aliphatic rings. The van der Waals surface area contributed by atoms with Gasteiger partial charge in [-0.25, -0.2) is 0 Å². The highest BCUT2D eigenvalue weighted by molar-refractivity contribution is 7.98. The smallest absolute Gasteiger partial charge is 0.0830 e. The minimum absolute atomic E-state index is 0.0591. The van der Waals surface area contributed by atoms with Gasteiger partial charge in [-0.05, 0) is 49.5 Å². The van der Waals surface area contributed by atoms with Crippen LogP contribution in [-0.4, -0.2) is 36.8 Å². The summed E-state index contributed by atoms with van der Waals surface area (Å²) in [5, 5.41) is 10.9. The van der Waals surface area contributed by atoms with E-state index in [2.05, 4.69) is 18.4 Å². The first-order chi connectivity index (χ1) is 10.2. The van der Waals surface area contributed by atoms with Gasteiger partial charge >= 0.3 is 0 Å². The second-order valence-corrected chi connectivity index (χ2v) is 6.93. The molecule has 2 unspecified atom stereocenters. The van der Waals surface area contributed by atoms with Gasteiger partial charge in [0.2, 0.25) is 0 Å². The summed E-state index contributed by atoms with van der Waals surface area (Å²) < 4.78 is 11.6. The third-order valence-electron chi connectivity index (χ3n) is 4.84. The summed E-state index contributed by atoms with van der Waals surface area (Å²) in [5.41, 5.74) is 1.01. The standard InChI is InChI=1S/C17H24O3S/c1-21-15-5-3-2-4-14(15)16(18)13-6-9-20-17(12-13)7-10-19-11-8-17/h2-5,13,16,18H,6-12H2,1H3. The van der Waals surface area contributed by atoms with Gasteiger partial charge in [-0.2, -0.15) is 0 Å². The summed E-state index contributed by atoms with van der Waals surface area (Å²) in [6, 6.07) is 8.20. The highest BCUT2D eigenvalue weighted by Crippen LogP contribution is 2.43. The van der Waals surface area contributed by atoms with Gasteiger partial charge in [0, 0.05) is 24.7 Å². The van der Waals surface area contributed by atoms with E-state index < -0.39 is 6.10 Å². The zero-order valence-corrected chi connectivity index (χ0v) is 13.4. The van der Waals surface area contributed by atoms with E-state index in [1.54, 1.807) is 11.8 Å². The number of hydrogen-bond acceptors (Lipinski definition) is 4. The lowest BCUT2D eigenvalue weighted by molar-refractivity contribution is -0.159. The second kappa shape index (κ2) is 6.69. The maximum Gasteiger partial charge on any atom is 0.0830 e. The zero-order chi connectivity index (χ0) is 14.7. The minimum Gasteiger partial charge on any atom is -0.388 e. The fourth-order valence-corrected chi connectivity index (χ4v) is 4.23. The average Bonchev–Trinajstić information content (AvgIpc) is 2.55. The van der Waals surface area contributed by atoms with Crippen LogP contribution in [0, 0.1) is 5.92 Å². The molecule has 3 rings (SSSR count). The molecule has 0 amide bonds. The van der Waals surface area contributed by atoms with Crippen molar-refractivity contribution >= 4 is 11.8 Å². The van der Waals surface area contributed by atoms with E-state index in [1.165, 1.54) is 4.90 Å². The molecule has 2 heterocycles. The molecule has 1 spiro atoms. The summed E-state index contributed by atoms with van der Waals surface area (Å²) in [6.45, 7) is 2.32. The van der Waals surface area contributed by atoms with E-state index in [0.717, 1.165) is 51.1 Å². The molecule has 0 radical (unpaired) electrons. The van der Waals surface area contributed by atoms with E-state index in [9.17, 15) is 5.11 Å². The highest BCUT2D eigenvalue weighted by Gasteiger charge is 2.41. The Labute approximate surface area is 131 Å². The predicted molar refractivity (Wildman–Crippen MR) is 84.6 cm³/mol. The van der Waals surface area contributed by atoms with E-state index in [1.807, 2.05) is 12.1 Å². The molecule has 1 N–H and O–H groups in total. The van der Waals surface area contributed by atoms with E-state index in [-0.39, 0.29) is 11.5 Å². The van der Waals surface area contributed by atoms with Crippen LogP contribution < -0.4 is 0 Å². The molecule has 116 valence electrons. The second-order valence-electron chi connectivity index (χ2n) is 6.08.